The highest BCUT2D eigenvalue weighted by atomic mass is 35.5. The van der Waals surface area contributed by atoms with Gasteiger partial charge in [0.1, 0.15) is 9.71 Å². The highest BCUT2D eigenvalue weighted by Crippen LogP contribution is 2.36. The van der Waals surface area contributed by atoms with Gasteiger partial charge in [0.25, 0.3) is 0 Å². The van der Waals surface area contributed by atoms with Gasteiger partial charge in [-0.15, -0.1) is 23.1 Å². The first-order valence-electron chi connectivity index (χ1n) is 7.56. The summed E-state index contributed by atoms with van der Waals surface area (Å²) in [6, 6.07) is 8.56. The standard InChI is InChI=1S/C18H11Cl2N3OS2/c19-9-1-3-12(14(20)5-9)16(24)17-15(21)13-4-2-10(23-18(13)26-17)6-11-7-22-8-25-11/h1-7H,8,21H2. The Hall–Kier alpha value is -1.86. The fourth-order valence-corrected chi connectivity index (χ4v) is 4.76. The van der Waals surface area contributed by atoms with Gasteiger partial charge in [0, 0.05) is 27.1 Å². The number of nitrogens with two attached hydrogens (primary N) is 1. The quantitative estimate of drug-likeness (QED) is 0.566. The van der Waals surface area contributed by atoms with Crippen LogP contribution >= 0.6 is 46.3 Å². The molecule has 3 heterocycles. The molecule has 0 atom stereocenters. The van der Waals surface area contributed by atoms with Crippen LogP contribution in [0.3, 0.4) is 0 Å². The Bertz CT molecular complexity index is 1110. The summed E-state index contributed by atoms with van der Waals surface area (Å²) in [5, 5.41) is 1.54. The molecule has 130 valence electrons. The van der Waals surface area contributed by atoms with Gasteiger partial charge in [0.2, 0.25) is 5.78 Å². The van der Waals surface area contributed by atoms with Crippen molar-refractivity contribution >= 4 is 80.3 Å². The van der Waals surface area contributed by atoms with Crippen molar-refractivity contribution in [2.45, 2.75) is 0 Å². The summed E-state index contributed by atoms with van der Waals surface area (Å²) in [6.45, 7) is 0. The summed E-state index contributed by atoms with van der Waals surface area (Å²) in [6.07, 6.45) is 3.80. The molecule has 0 amide bonds. The largest absolute Gasteiger partial charge is 0.397 e. The third kappa shape index (κ3) is 3.25. The minimum atomic E-state index is -0.231. The van der Waals surface area contributed by atoms with Crippen molar-refractivity contribution in [1.29, 1.82) is 0 Å². The predicted octanol–water partition coefficient (Wildman–Crippen LogP) is 5.53. The minimum absolute atomic E-state index is 0.231. The lowest BCUT2D eigenvalue weighted by Gasteiger charge is -2.03. The van der Waals surface area contributed by atoms with Gasteiger partial charge in [-0.2, -0.15) is 0 Å². The summed E-state index contributed by atoms with van der Waals surface area (Å²) in [5.41, 5.74) is 7.81. The van der Waals surface area contributed by atoms with Gasteiger partial charge >= 0.3 is 0 Å². The van der Waals surface area contributed by atoms with E-state index in [1.54, 1.807) is 30.0 Å². The van der Waals surface area contributed by atoms with Gasteiger partial charge in [-0.05, 0) is 36.4 Å². The number of fused-ring (bicyclic) bond motifs is 1. The van der Waals surface area contributed by atoms with Crippen LogP contribution in [-0.4, -0.2) is 22.9 Å². The van der Waals surface area contributed by atoms with Crippen LogP contribution in [0.15, 0.2) is 40.2 Å². The summed E-state index contributed by atoms with van der Waals surface area (Å²) in [5.74, 6) is 0.506. The number of pyridine rings is 1. The minimum Gasteiger partial charge on any atom is -0.397 e. The van der Waals surface area contributed by atoms with Crippen LogP contribution in [0.5, 0.6) is 0 Å². The van der Waals surface area contributed by atoms with Crippen molar-refractivity contribution in [3.05, 3.63) is 61.4 Å². The van der Waals surface area contributed by atoms with Gasteiger partial charge < -0.3 is 5.73 Å². The smallest absolute Gasteiger partial charge is 0.206 e. The number of hydrogen-bond donors (Lipinski definition) is 1. The zero-order valence-electron chi connectivity index (χ0n) is 13.2. The molecule has 4 rings (SSSR count). The Morgan fingerprint density at radius 1 is 1.23 bits per heavy atom. The molecule has 0 radical (unpaired) electrons. The van der Waals surface area contributed by atoms with E-state index >= 15 is 0 Å². The fraction of sp³-hybridized carbons (Fsp3) is 0.0556. The van der Waals surface area contributed by atoms with E-state index < -0.39 is 0 Å². The molecule has 3 aromatic rings. The van der Waals surface area contributed by atoms with E-state index in [1.807, 2.05) is 24.4 Å². The number of benzene rings is 1. The van der Waals surface area contributed by atoms with Gasteiger partial charge in [-0.25, -0.2) is 4.98 Å². The third-order valence-corrected chi connectivity index (χ3v) is 6.31. The number of aromatic nitrogens is 1. The van der Waals surface area contributed by atoms with E-state index in [-0.39, 0.29) is 5.78 Å². The molecule has 4 nitrogen and oxygen atoms in total. The Balaban J connectivity index is 1.76. The average molecular weight is 420 g/mol. The molecule has 1 aliphatic heterocycles. The number of carbonyl (C=O) groups excluding carboxylic acids is 1. The van der Waals surface area contributed by atoms with Gasteiger partial charge in [-0.3, -0.25) is 9.79 Å². The highest BCUT2D eigenvalue weighted by molar-refractivity contribution is 8.04. The molecular weight excluding hydrogens is 409 g/mol. The summed E-state index contributed by atoms with van der Waals surface area (Å²) >= 11 is 15.0. The number of aliphatic imine (C=N–C) groups is 1. The first-order chi connectivity index (χ1) is 12.5. The molecule has 1 aromatic carbocycles. The van der Waals surface area contributed by atoms with Crippen molar-refractivity contribution in [3.63, 3.8) is 0 Å². The van der Waals surface area contributed by atoms with E-state index in [2.05, 4.69) is 9.98 Å². The Labute approximate surface area is 167 Å². The molecule has 2 aromatic heterocycles. The van der Waals surface area contributed by atoms with Crippen LogP contribution in [0.1, 0.15) is 20.9 Å². The predicted molar refractivity (Wildman–Crippen MR) is 113 cm³/mol. The van der Waals surface area contributed by atoms with E-state index in [9.17, 15) is 4.79 Å². The maximum atomic E-state index is 12.9. The number of nitrogen functional groups attached to an aromatic ring is 1. The van der Waals surface area contributed by atoms with Gasteiger partial charge in [0.05, 0.1) is 22.3 Å². The maximum absolute atomic E-state index is 12.9. The number of carbonyl (C=O) groups is 1. The van der Waals surface area contributed by atoms with Crippen LogP contribution in [0.4, 0.5) is 5.69 Å². The molecular formula is C18H11Cl2N3OS2. The molecule has 8 heteroatoms. The zero-order chi connectivity index (χ0) is 18.3. The van der Waals surface area contributed by atoms with E-state index in [4.69, 9.17) is 28.9 Å². The first-order valence-corrected chi connectivity index (χ1v) is 10.1. The summed E-state index contributed by atoms with van der Waals surface area (Å²) < 4.78 is 0. The number of rotatable bonds is 3. The van der Waals surface area contributed by atoms with Crippen molar-refractivity contribution in [3.8, 4) is 0 Å². The SMILES string of the molecule is Nc1c(C(=O)c2ccc(Cl)cc2Cl)sc2nc(C=C3C=NCS3)ccc12. The number of allylic oxidation sites excluding steroid dienone is 1. The van der Waals surface area contributed by atoms with Crippen molar-refractivity contribution in [1.82, 2.24) is 4.98 Å². The number of anilines is 1. The second kappa shape index (κ2) is 7.04. The van der Waals surface area contributed by atoms with Crippen molar-refractivity contribution in [2.24, 2.45) is 4.99 Å². The number of halogens is 2. The monoisotopic (exact) mass is 419 g/mol. The molecule has 0 saturated heterocycles. The fourth-order valence-electron chi connectivity index (χ4n) is 2.56. The second-order valence-corrected chi connectivity index (χ2v) is 8.38. The van der Waals surface area contributed by atoms with Gasteiger partial charge in [-0.1, -0.05) is 23.2 Å². The molecule has 0 aliphatic carbocycles. The Morgan fingerprint density at radius 3 is 2.81 bits per heavy atom. The molecule has 0 spiro atoms. The molecule has 26 heavy (non-hydrogen) atoms. The number of thiophene rings is 1. The van der Waals surface area contributed by atoms with E-state index in [0.717, 1.165) is 21.9 Å². The number of nitrogens with zero attached hydrogens (tertiary/aromatic N) is 2. The Kier molecular flexibility index (Phi) is 4.75. The van der Waals surface area contributed by atoms with E-state index in [1.165, 1.54) is 11.3 Å². The van der Waals surface area contributed by atoms with Crippen LogP contribution < -0.4 is 5.73 Å². The van der Waals surface area contributed by atoms with Gasteiger partial charge in [0.15, 0.2) is 0 Å². The van der Waals surface area contributed by atoms with Crippen molar-refractivity contribution in [2.75, 3.05) is 11.6 Å². The lowest BCUT2D eigenvalue weighted by atomic mass is 10.1. The lowest BCUT2D eigenvalue weighted by molar-refractivity contribution is 0.104. The molecule has 0 saturated carbocycles. The third-order valence-electron chi connectivity index (χ3n) is 3.81. The van der Waals surface area contributed by atoms with Crippen LogP contribution in [0.25, 0.3) is 16.3 Å². The molecule has 0 bridgehead atoms. The summed E-state index contributed by atoms with van der Waals surface area (Å²) in [7, 11) is 0. The number of ketones is 1. The number of hydrogen-bond acceptors (Lipinski definition) is 6. The van der Waals surface area contributed by atoms with Crippen LogP contribution in [0, 0.1) is 0 Å². The second-order valence-electron chi connectivity index (χ2n) is 5.52. The highest BCUT2D eigenvalue weighted by Gasteiger charge is 2.21. The molecule has 0 unspecified atom stereocenters. The topological polar surface area (TPSA) is 68.3 Å². The lowest BCUT2D eigenvalue weighted by Crippen LogP contribution is -2.02. The average Bonchev–Trinajstić information content (AvgIpc) is 3.22. The molecule has 0 fully saturated rings. The van der Waals surface area contributed by atoms with Crippen LogP contribution in [-0.2, 0) is 0 Å². The zero-order valence-corrected chi connectivity index (χ0v) is 16.3. The number of thioether (sulfide) groups is 1. The van der Waals surface area contributed by atoms with E-state index in [0.29, 0.717) is 31.0 Å². The van der Waals surface area contributed by atoms with Crippen LogP contribution in [0.2, 0.25) is 10.0 Å². The normalized spacial score (nSPS) is 15.2. The Morgan fingerprint density at radius 2 is 2.08 bits per heavy atom. The molecule has 2 N–H and O–H groups in total. The summed E-state index contributed by atoms with van der Waals surface area (Å²) in [4.78, 5) is 23.9. The maximum Gasteiger partial charge on any atom is 0.206 e. The first kappa shape index (κ1) is 17.5. The van der Waals surface area contributed by atoms with Crippen molar-refractivity contribution < 1.29 is 4.79 Å². The molecule has 1 aliphatic rings.